The van der Waals surface area contributed by atoms with E-state index < -0.39 is 6.29 Å². The zero-order valence-corrected chi connectivity index (χ0v) is 16.8. The number of rotatable bonds is 6. The molecule has 146 valence electrons. The Hall–Kier alpha value is -2.74. The quantitative estimate of drug-likeness (QED) is 0.488. The van der Waals surface area contributed by atoms with E-state index in [1.165, 1.54) is 0 Å². The number of benzene rings is 2. The Morgan fingerprint density at radius 3 is 2.54 bits per heavy atom. The van der Waals surface area contributed by atoms with E-state index in [0.717, 1.165) is 50.3 Å². The summed E-state index contributed by atoms with van der Waals surface area (Å²) in [5.41, 5.74) is 6.02. The SMILES string of the molecule is CC#Cc1cc(COc2ccc(CCC(O)O)c(C)c2C)c2oc(C)cc2c1. The summed E-state index contributed by atoms with van der Waals surface area (Å²) in [4.78, 5) is 0. The predicted octanol–water partition coefficient (Wildman–Crippen LogP) is 4.55. The lowest BCUT2D eigenvalue weighted by atomic mass is 9.98. The lowest BCUT2D eigenvalue weighted by molar-refractivity contribution is -0.0447. The predicted molar refractivity (Wildman–Crippen MR) is 110 cm³/mol. The Kier molecular flexibility index (Phi) is 6.08. The smallest absolute Gasteiger partial charge is 0.151 e. The van der Waals surface area contributed by atoms with Gasteiger partial charge in [0.15, 0.2) is 6.29 Å². The highest BCUT2D eigenvalue weighted by molar-refractivity contribution is 5.83. The summed E-state index contributed by atoms with van der Waals surface area (Å²) in [5, 5.41) is 19.2. The van der Waals surface area contributed by atoms with Crippen molar-refractivity contribution in [3.8, 4) is 17.6 Å². The molecule has 28 heavy (non-hydrogen) atoms. The number of hydrogen-bond acceptors (Lipinski definition) is 4. The number of hydrogen-bond donors (Lipinski definition) is 2. The van der Waals surface area contributed by atoms with E-state index in [1.807, 2.05) is 58.0 Å². The number of ether oxygens (including phenoxy) is 1. The number of fused-ring (bicyclic) bond motifs is 1. The minimum atomic E-state index is -1.28. The van der Waals surface area contributed by atoms with Crippen LogP contribution >= 0.6 is 0 Å². The fourth-order valence-electron chi connectivity index (χ4n) is 3.40. The first-order valence-electron chi connectivity index (χ1n) is 9.43. The van der Waals surface area contributed by atoms with Gasteiger partial charge in [-0.2, -0.15) is 0 Å². The van der Waals surface area contributed by atoms with Crippen molar-refractivity contribution in [1.82, 2.24) is 0 Å². The number of furan rings is 1. The standard InChI is InChI=1S/C24H26O4/c1-5-6-18-12-20-11-15(2)28-24(20)21(13-18)14-27-22-9-7-19(8-10-23(25)26)16(3)17(22)4/h7,9,11-13,23,25-26H,8,10,14H2,1-4H3. The molecule has 0 bridgehead atoms. The molecule has 2 N–H and O–H groups in total. The summed E-state index contributed by atoms with van der Waals surface area (Å²) < 4.78 is 12.0. The largest absolute Gasteiger partial charge is 0.488 e. The van der Waals surface area contributed by atoms with Gasteiger partial charge in [-0.15, -0.1) is 5.92 Å². The van der Waals surface area contributed by atoms with Crippen molar-refractivity contribution in [2.75, 3.05) is 0 Å². The number of aliphatic hydroxyl groups excluding tert-OH is 1. The monoisotopic (exact) mass is 378 g/mol. The second-order valence-electron chi connectivity index (χ2n) is 7.07. The molecule has 0 aliphatic carbocycles. The zero-order chi connectivity index (χ0) is 20.3. The van der Waals surface area contributed by atoms with Crippen LogP contribution in [0.3, 0.4) is 0 Å². The van der Waals surface area contributed by atoms with Crippen LogP contribution in [0.4, 0.5) is 0 Å². The summed E-state index contributed by atoms with van der Waals surface area (Å²) in [6, 6.07) is 10.00. The summed E-state index contributed by atoms with van der Waals surface area (Å²) in [6.07, 6.45) is -0.343. The van der Waals surface area contributed by atoms with Gasteiger partial charge in [0.05, 0.1) is 0 Å². The molecule has 4 heteroatoms. The van der Waals surface area contributed by atoms with Crippen LogP contribution in [0.2, 0.25) is 0 Å². The molecule has 1 aromatic heterocycles. The van der Waals surface area contributed by atoms with E-state index in [1.54, 1.807) is 0 Å². The van der Waals surface area contributed by atoms with E-state index in [9.17, 15) is 0 Å². The molecule has 0 unspecified atom stereocenters. The molecule has 3 aromatic rings. The fourth-order valence-corrected chi connectivity index (χ4v) is 3.40. The first kappa shape index (κ1) is 20.0. The van der Waals surface area contributed by atoms with Gasteiger partial charge in [-0.1, -0.05) is 12.0 Å². The van der Waals surface area contributed by atoms with Gasteiger partial charge in [-0.05, 0) is 75.1 Å². The van der Waals surface area contributed by atoms with Gasteiger partial charge in [-0.3, -0.25) is 0 Å². The zero-order valence-electron chi connectivity index (χ0n) is 16.8. The Labute approximate surface area is 165 Å². The van der Waals surface area contributed by atoms with Crippen molar-refractivity contribution in [2.45, 2.75) is 53.4 Å². The Morgan fingerprint density at radius 1 is 1.04 bits per heavy atom. The molecule has 0 amide bonds. The van der Waals surface area contributed by atoms with Gasteiger partial charge in [0, 0.05) is 22.9 Å². The minimum absolute atomic E-state index is 0.321. The van der Waals surface area contributed by atoms with Crippen LogP contribution in [-0.2, 0) is 13.0 Å². The third-order valence-electron chi connectivity index (χ3n) is 4.99. The molecule has 0 saturated heterocycles. The van der Waals surface area contributed by atoms with Crippen LogP contribution in [0.1, 0.15) is 46.9 Å². The van der Waals surface area contributed by atoms with Crippen molar-refractivity contribution in [1.29, 1.82) is 0 Å². The van der Waals surface area contributed by atoms with Crippen LogP contribution < -0.4 is 4.74 Å². The van der Waals surface area contributed by atoms with E-state index >= 15 is 0 Å². The van der Waals surface area contributed by atoms with Crippen LogP contribution in [0.15, 0.2) is 34.7 Å². The molecular weight excluding hydrogens is 352 g/mol. The maximum absolute atomic E-state index is 9.10. The Bertz CT molecular complexity index is 1050. The fraction of sp³-hybridized carbons (Fsp3) is 0.333. The van der Waals surface area contributed by atoms with Crippen LogP contribution in [0.25, 0.3) is 11.0 Å². The third-order valence-corrected chi connectivity index (χ3v) is 4.99. The van der Waals surface area contributed by atoms with Gasteiger partial charge in [0.1, 0.15) is 23.7 Å². The second-order valence-corrected chi connectivity index (χ2v) is 7.07. The van der Waals surface area contributed by atoms with Crippen molar-refractivity contribution in [2.24, 2.45) is 0 Å². The molecule has 0 fully saturated rings. The first-order chi connectivity index (χ1) is 13.4. The molecule has 1 heterocycles. The average molecular weight is 378 g/mol. The molecule has 0 saturated carbocycles. The summed E-state index contributed by atoms with van der Waals surface area (Å²) in [6.45, 7) is 8.20. The second kappa shape index (κ2) is 8.52. The van der Waals surface area contributed by atoms with Crippen molar-refractivity contribution >= 4 is 11.0 Å². The highest BCUT2D eigenvalue weighted by Crippen LogP contribution is 2.29. The molecular formula is C24H26O4. The highest BCUT2D eigenvalue weighted by atomic mass is 16.5. The molecule has 0 aliphatic rings. The minimum Gasteiger partial charge on any atom is -0.488 e. The van der Waals surface area contributed by atoms with Crippen LogP contribution in [0, 0.1) is 32.6 Å². The van der Waals surface area contributed by atoms with Crippen molar-refractivity contribution < 1.29 is 19.4 Å². The van der Waals surface area contributed by atoms with E-state index in [2.05, 4.69) is 11.8 Å². The molecule has 0 radical (unpaired) electrons. The Balaban J connectivity index is 1.85. The number of aliphatic hydroxyl groups is 2. The highest BCUT2D eigenvalue weighted by Gasteiger charge is 2.12. The first-order valence-corrected chi connectivity index (χ1v) is 9.43. The normalized spacial score (nSPS) is 11.0. The lowest BCUT2D eigenvalue weighted by Crippen LogP contribution is -2.07. The topological polar surface area (TPSA) is 62.8 Å². The van der Waals surface area contributed by atoms with Gasteiger partial charge in [0.25, 0.3) is 0 Å². The molecule has 0 aliphatic heterocycles. The molecule has 0 spiro atoms. The average Bonchev–Trinajstić information content (AvgIpc) is 3.02. The lowest BCUT2D eigenvalue weighted by Gasteiger charge is -2.15. The van der Waals surface area contributed by atoms with Gasteiger partial charge < -0.3 is 19.4 Å². The van der Waals surface area contributed by atoms with E-state index in [0.29, 0.717) is 19.4 Å². The van der Waals surface area contributed by atoms with E-state index in [-0.39, 0.29) is 0 Å². The van der Waals surface area contributed by atoms with Gasteiger partial charge in [-0.25, -0.2) is 0 Å². The van der Waals surface area contributed by atoms with Crippen molar-refractivity contribution in [3.05, 3.63) is 63.9 Å². The maximum atomic E-state index is 9.10. The van der Waals surface area contributed by atoms with Gasteiger partial charge in [0.2, 0.25) is 0 Å². The molecule has 0 atom stereocenters. The maximum Gasteiger partial charge on any atom is 0.151 e. The molecule has 3 rings (SSSR count). The summed E-state index contributed by atoms with van der Waals surface area (Å²) in [7, 11) is 0. The van der Waals surface area contributed by atoms with Crippen molar-refractivity contribution in [3.63, 3.8) is 0 Å². The summed E-state index contributed by atoms with van der Waals surface area (Å²) >= 11 is 0. The van der Waals surface area contributed by atoms with Crippen LogP contribution in [0.5, 0.6) is 5.75 Å². The Morgan fingerprint density at radius 2 is 1.82 bits per heavy atom. The summed E-state index contributed by atoms with van der Waals surface area (Å²) in [5.74, 6) is 7.73. The van der Waals surface area contributed by atoms with E-state index in [4.69, 9.17) is 19.4 Å². The molecule has 2 aromatic carbocycles. The van der Waals surface area contributed by atoms with Gasteiger partial charge >= 0.3 is 0 Å². The number of aryl methyl sites for hydroxylation is 2. The molecule has 4 nitrogen and oxygen atoms in total. The van der Waals surface area contributed by atoms with Crippen LogP contribution in [-0.4, -0.2) is 16.5 Å². The third kappa shape index (κ3) is 4.39.